The molecule has 4 rings (SSSR count). The molecule has 1 aliphatic heterocycles. The highest BCUT2D eigenvalue weighted by Gasteiger charge is 2.44. The number of hydrogen-bond donors (Lipinski definition) is 3. The van der Waals surface area contributed by atoms with Gasteiger partial charge in [-0.15, -0.1) is 0 Å². The number of nitrogens with zero attached hydrogens (tertiary/aromatic N) is 1. The first-order valence-corrected chi connectivity index (χ1v) is 10.7. The van der Waals surface area contributed by atoms with Crippen LogP contribution in [-0.4, -0.2) is 41.0 Å². The number of fused-ring (bicyclic) bond motifs is 3. The van der Waals surface area contributed by atoms with Gasteiger partial charge in [0.2, 0.25) is 0 Å². The molecule has 0 radical (unpaired) electrons. The molecule has 1 unspecified atom stereocenters. The summed E-state index contributed by atoms with van der Waals surface area (Å²) in [5, 5.41) is 10.8. The lowest BCUT2D eigenvalue weighted by molar-refractivity contribution is -0.133. The Bertz CT molecular complexity index is 1100. The highest BCUT2D eigenvalue weighted by molar-refractivity contribution is 7.64. The number of hydrogen-bond acceptors (Lipinski definition) is 5. The minimum atomic E-state index is -3.59. The van der Waals surface area contributed by atoms with Gasteiger partial charge in [0, 0.05) is 30.3 Å². The van der Waals surface area contributed by atoms with Crippen molar-refractivity contribution in [2.75, 3.05) is 14.2 Å². The fraction of sp³-hybridized carbons (Fsp3) is 0.250. The van der Waals surface area contributed by atoms with Crippen LogP contribution in [0.1, 0.15) is 11.3 Å². The molecular formula is C20H22N3O5P. The van der Waals surface area contributed by atoms with Gasteiger partial charge in [0.25, 0.3) is 5.91 Å². The molecule has 3 aromatic rings. The Morgan fingerprint density at radius 1 is 1.21 bits per heavy atom. The Labute approximate surface area is 167 Å². The van der Waals surface area contributed by atoms with Gasteiger partial charge in [0.1, 0.15) is 11.8 Å². The van der Waals surface area contributed by atoms with E-state index in [2.05, 4.69) is 4.98 Å². The molecule has 2 aromatic carbocycles. The van der Waals surface area contributed by atoms with E-state index in [1.807, 2.05) is 24.3 Å². The molecule has 29 heavy (non-hydrogen) atoms. The van der Waals surface area contributed by atoms with Crippen molar-refractivity contribution in [3.63, 3.8) is 0 Å². The lowest BCUT2D eigenvalue weighted by Gasteiger charge is -2.38. The summed E-state index contributed by atoms with van der Waals surface area (Å²) in [5.74, 6) is -0.00989. The van der Waals surface area contributed by atoms with Crippen molar-refractivity contribution in [2.45, 2.75) is 19.0 Å². The van der Waals surface area contributed by atoms with Crippen molar-refractivity contribution >= 4 is 29.6 Å². The number of para-hydroxylation sites is 1. The number of H-pyrrole nitrogens is 1. The Morgan fingerprint density at radius 2 is 1.93 bits per heavy atom. The monoisotopic (exact) mass is 415 g/mol. The van der Waals surface area contributed by atoms with Crippen LogP contribution in [-0.2, 0) is 26.8 Å². The summed E-state index contributed by atoms with van der Waals surface area (Å²) in [7, 11) is -0.684. The van der Waals surface area contributed by atoms with Crippen LogP contribution >= 0.6 is 7.52 Å². The number of aromatic nitrogens is 1. The Kier molecular flexibility index (Phi) is 5.19. The lowest BCUT2D eigenvalue weighted by atomic mass is 9.98. The second-order valence-electron chi connectivity index (χ2n) is 6.82. The van der Waals surface area contributed by atoms with E-state index < -0.39 is 19.5 Å². The standard InChI is InChI=1S/C20H22N3O5P/c1-27-13-7-9-14(10-8-13)29(26,28-2)23-12-18-16(11-19(23)20(24)22-25)15-5-3-4-6-17(15)21-18/h3-10,19,21,25H,11-12H2,1-2H3,(H,22,24)/t19-,29?/m1/s1. The zero-order valence-electron chi connectivity index (χ0n) is 16.1. The average Bonchev–Trinajstić information content (AvgIpc) is 3.15. The van der Waals surface area contributed by atoms with Crippen molar-refractivity contribution < 1.29 is 23.8 Å². The van der Waals surface area contributed by atoms with Gasteiger partial charge in [-0.3, -0.25) is 14.6 Å². The normalized spacial score (nSPS) is 18.8. The van der Waals surface area contributed by atoms with Crippen LogP contribution in [0.25, 0.3) is 10.9 Å². The van der Waals surface area contributed by atoms with E-state index in [1.54, 1.807) is 36.9 Å². The summed E-state index contributed by atoms with van der Waals surface area (Å²) in [6.45, 7) is 0.208. The SMILES string of the molecule is COc1ccc(P(=O)(OC)N2Cc3[nH]c4ccccc4c3C[C@@H]2C(=O)NO)cc1. The van der Waals surface area contributed by atoms with Crippen LogP contribution in [0.3, 0.4) is 0 Å². The van der Waals surface area contributed by atoms with Crippen LogP contribution in [0, 0.1) is 0 Å². The predicted molar refractivity (Wildman–Crippen MR) is 109 cm³/mol. The first kappa shape index (κ1) is 19.7. The van der Waals surface area contributed by atoms with Crippen LogP contribution < -0.4 is 15.5 Å². The van der Waals surface area contributed by atoms with Gasteiger partial charge in [0.15, 0.2) is 0 Å². The highest BCUT2D eigenvalue weighted by Crippen LogP contribution is 2.53. The summed E-state index contributed by atoms with van der Waals surface area (Å²) in [5.41, 5.74) is 4.51. The van der Waals surface area contributed by atoms with E-state index in [0.717, 1.165) is 22.2 Å². The zero-order chi connectivity index (χ0) is 20.6. The largest absolute Gasteiger partial charge is 0.497 e. The third-order valence-electron chi connectivity index (χ3n) is 5.38. The summed E-state index contributed by atoms with van der Waals surface area (Å²) in [4.78, 5) is 15.9. The maximum Gasteiger partial charge on any atom is 0.303 e. The summed E-state index contributed by atoms with van der Waals surface area (Å²) >= 11 is 0. The van der Waals surface area contributed by atoms with Crippen LogP contribution in [0.4, 0.5) is 0 Å². The number of hydroxylamine groups is 1. The average molecular weight is 415 g/mol. The van der Waals surface area contributed by atoms with Crippen molar-refractivity contribution in [1.82, 2.24) is 15.1 Å². The Hall–Kier alpha value is -2.64. The smallest absolute Gasteiger partial charge is 0.303 e. The van der Waals surface area contributed by atoms with Gasteiger partial charge in [-0.2, -0.15) is 0 Å². The number of methoxy groups -OCH3 is 1. The first-order chi connectivity index (χ1) is 14.0. The van der Waals surface area contributed by atoms with E-state index in [-0.39, 0.29) is 13.0 Å². The van der Waals surface area contributed by atoms with Crippen LogP contribution in [0.2, 0.25) is 0 Å². The molecule has 2 heterocycles. The fourth-order valence-electron chi connectivity index (χ4n) is 3.90. The van der Waals surface area contributed by atoms with Gasteiger partial charge in [-0.1, -0.05) is 18.2 Å². The van der Waals surface area contributed by atoms with Gasteiger partial charge < -0.3 is 14.2 Å². The summed E-state index contributed by atoms with van der Waals surface area (Å²) in [6.07, 6.45) is 0.287. The van der Waals surface area contributed by atoms with Gasteiger partial charge in [0.05, 0.1) is 12.4 Å². The first-order valence-electron chi connectivity index (χ1n) is 9.11. The molecule has 3 N–H and O–H groups in total. The summed E-state index contributed by atoms with van der Waals surface area (Å²) < 4.78 is 26.2. The van der Waals surface area contributed by atoms with Crippen molar-refractivity contribution in [2.24, 2.45) is 0 Å². The quantitative estimate of drug-likeness (QED) is 0.336. The van der Waals surface area contributed by atoms with Gasteiger partial charge in [-0.25, -0.2) is 10.2 Å². The van der Waals surface area contributed by atoms with Gasteiger partial charge in [-0.05, 0) is 42.3 Å². The number of aromatic amines is 1. The predicted octanol–water partition coefficient (Wildman–Crippen LogP) is 2.57. The molecular weight excluding hydrogens is 393 g/mol. The van der Waals surface area contributed by atoms with E-state index in [0.29, 0.717) is 11.1 Å². The van der Waals surface area contributed by atoms with E-state index in [9.17, 15) is 14.6 Å². The number of carbonyl (C=O) groups is 1. The Morgan fingerprint density at radius 3 is 2.59 bits per heavy atom. The molecule has 0 saturated heterocycles. The second-order valence-corrected chi connectivity index (χ2v) is 9.26. The third-order valence-corrected chi connectivity index (χ3v) is 7.92. The number of rotatable bonds is 5. The molecule has 0 aliphatic carbocycles. The van der Waals surface area contributed by atoms with E-state index >= 15 is 0 Å². The third kappa shape index (κ3) is 3.24. The van der Waals surface area contributed by atoms with Crippen molar-refractivity contribution in [3.8, 4) is 5.75 Å². The summed E-state index contributed by atoms with van der Waals surface area (Å²) in [6, 6.07) is 13.7. The van der Waals surface area contributed by atoms with E-state index in [1.165, 1.54) is 11.8 Å². The molecule has 0 bridgehead atoms. The van der Waals surface area contributed by atoms with Crippen molar-refractivity contribution in [3.05, 3.63) is 59.8 Å². The number of nitrogens with one attached hydrogen (secondary N) is 2. The molecule has 152 valence electrons. The molecule has 1 aromatic heterocycles. The number of carbonyl (C=O) groups excluding carboxylic acids is 1. The maximum absolute atomic E-state index is 14.0. The number of amides is 1. The Balaban J connectivity index is 1.82. The zero-order valence-corrected chi connectivity index (χ0v) is 17.0. The second kappa shape index (κ2) is 7.65. The lowest BCUT2D eigenvalue weighted by Crippen LogP contribution is -2.49. The topological polar surface area (TPSA) is 104 Å². The molecule has 1 aliphatic rings. The van der Waals surface area contributed by atoms with Crippen molar-refractivity contribution in [1.29, 1.82) is 0 Å². The number of benzene rings is 2. The minimum absolute atomic E-state index is 0.208. The molecule has 1 amide bonds. The fourth-order valence-corrected chi connectivity index (χ4v) is 6.03. The van der Waals surface area contributed by atoms with Crippen LogP contribution in [0.15, 0.2) is 48.5 Å². The molecule has 9 heteroatoms. The highest BCUT2D eigenvalue weighted by atomic mass is 31.2. The molecule has 0 saturated carbocycles. The maximum atomic E-state index is 14.0. The van der Waals surface area contributed by atoms with Gasteiger partial charge >= 0.3 is 7.52 Å². The minimum Gasteiger partial charge on any atom is -0.497 e. The molecule has 8 nitrogen and oxygen atoms in total. The van der Waals surface area contributed by atoms with E-state index in [4.69, 9.17) is 9.26 Å². The van der Waals surface area contributed by atoms with Crippen LogP contribution in [0.5, 0.6) is 5.75 Å². The molecule has 0 fully saturated rings. The number of ether oxygens (including phenoxy) is 1. The molecule has 2 atom stereocenters. The molecule has 0 spiro atoms.